The zero-order valence-corrected chi connectivity index (χ0v) is 12.7. The van der Waals surface area contributed by atoms with E-state index in [1.54, 1.807) is 12.1 Å². The molecular weight excluding hydrogens is 247 g/mol. The van der Waals surface area contributed by atoms with Gasteiger partial charge in [-0.25, -0.2) is 4.39 Å². The minimum atomic E-state index is -0.0779. The molecule has 1 heteroatoms. The lowest BCUT2D eigenvalue weighted by molar-refractivity contribution is 0.165. The van der Waals surface area contributed by atoms with Gasteiger partial charge in [0.15, 0.2) is 0 Å². The van der Waals surface area contributed by atoms with Crippen LogP contribution in [0.5, 0.6) is 0 Å². The maximum atomic E-state index is 13.3. The van der Waals surface area contributed by atoms with Gasteiger partial charge < -0.3 is 0 Å². The summed E-state index contributed by atoms with van der Waals surface area (Å²) in [7, 11) is 0. The molecule has 2 aliphatic rings. The first-order valence-electron chi connectivity index (χ1n) is 8.48. The van der Waals surface area contributed by atoms with Crippen LogP contribution in [0.25, 0.3) is 0 Å². The summed E-state index contributed by atoms with van der Waals surface area (Å²) in [6, 6.07) is 7.27. The molecule has 0 saturated heterocycles. The highest BCUT2D eigenvalue weighted by Gasteiger charge is 2.30. The molecule has 0 atom stereocenters. The second kappa shape index (κ2) is 6.28. The van der Waals surface area contributed by atoms with Crippen LogP contribution < -0.4 is 0 Å². The topological polar surface area (TPSA) is 0 Å². The van der Waals surface area contributed by atoms with Gasteiger partial charge in [-0.1, -0.05) is 31.9 Å². The predicted molar refractivity (Wildman–Crippen MR) is 82.2 cm³/mol. The van der Waals surface area contributed by atoms with Crippen LogP contribution in [0.2, 0.25) is 0 Å². The van der Waals surface area contributed by atoms with Crippen LogP contribution in [0.4, 0.5) is 4.39 Å². The summed E-state index contributed by atoms with van der Waals surface area (Å²) < 4.78 is 13.3. The molecule has 110 valence electrons. The summed E-state index contributed by atoms with van der Waals surface area (Å²) >= 11 is 0. The summed E-state index contributed by atoms with van der Waals surface area (Å²) in [5.74, 6) is 3.41. The van der Waals surface area contributed by atoms with Crippen LogP contribution in [0.15, 0.2) is 24.3 Å². The molecule has 2 saturated carbocycles. The molecular formula is C19H27F. The third-order valence-electron chi connectivity index (χ3n) is 5.82. The van der Waals surface area contributed by atoms with Crippen molar-refractivity contribution >= 4 is 0 Å². The Bertz CT molecular complexity index is 423. The molecule has 1 aromatic carbocycles. The lowest BCUT2D eigenvalue weighted by atomic mass is 9.68. The number of rotatable bonds is 2. The Hall–Kier alpha value is -0.850. The number of hydrogen-bond donors (Lipinski definition) is 0. The van der Waals surface area contributed by atoms with E-state index in [9.17, 15) is 4.39 Å². The van der Waals surface area contributed by atoms with Crippen molar-refractivity contribution in [3.63, 3.8) is 0 Å². The average Bonchev–Trinajstić information content (AvgIpc) is 2.48. The van der Waals surface area contributed by atoms with E-state index in [1.165, 1.54) is 56.9 Å². The molecule has 0 radical (unpaired) electrons. The van der Waals surface area contributed by atoms with Crippen molar-refractivity contribution in [1.29, 1.82) is 0 Å². The molecule has 20 heavy (non-hydrogen) atoms. The normalized spacial score (nSPS) is 34.9. The smallest absolute Gasteiger partial charge is 0.123 e. The Kier molecular flexibility index (Phi) is 4.43. The first-order chi connectivity index (χ1) is 9.72. The van der Waals surface area contributed by atoms with Crippen LogP contribution in [-0.2, 0) is 0 Å². The third kappa shape index (κ3) is 3.24. The highest BCUT2D eigenvalue weighted by molar-refractivity contribution is 5.21. The quantitative estimate of drug-likeness (QED) is 0.627. The van der Waals surface area contributed by atoms with E-state index in [0.29, 0.717) is 5.92 Å². The van der Waals surface area contributed by atoms with Crippen LogP contribution >= 0.6 is 0 Å². The van der Waals surface area contributed by atoms with E-state index in [1.807, 2.05) is 6.07 Å². The molecule has 0 aromatic heterocycles. The fourth-order valence-corrected chi connectivity index (χ4v) is 4.44. The minimum Gasteiger partial charge on any atom is -0.207 e. The van der Waals surface area contributed by atoms with Crippen LogP contribution in [0, 0.1) is 23.6 Å². The maximum absolute atomic E-state index is 13.3. The Balaban J connectivity index is 1.54. The van der Waals surface area contributed by atoms with Crippen molar-refractivity contribution < 1.29 is 4.39 Å². The average molecular weight is 274 g/mol. The lowest BCUT2D eigenvalue weighted by Crippen LogP contribution is -2.24. The van der Waals surface area contributed by atoms with Gasteiger partial charge in [-0.15, -0.1) is 0 Å². The van der Waals surface area contributed by atoms with Crippen molar-refractivity contribution in [2.45, 2.75) is 64.2 Å². The molecule has 1 aromatic rings. The minimum absolute atomic E-state index is 0.0779. The zero-order valence-electron chi connectivity index (χ0n) is 12.7. The molecule has 0 spiro atoms. The monoisotopic (exact) mass is 274 g/mol. The van der Waals surface area contributed by atoms with E-state index in [2.05, 4.69) is 13.0 Å². The Morgan fingerprint density at radius 1 is 0.850 bits per heavy atom. The van der Waals surface area contributed by atoms with Crippen molar-refractivity contribution in [1.82, 2.24) is 0 Å². The van der Waals surface area contributed by atoms with E-state index in [-0.39, 0.29) is 5.82 Å². The van der Waals surface area contributed by atoms with Gasteiger partial charge in [0.05, 0.1) is 0 Å². The van der Waals surface area contributed by atoms with Crippen LogP contribution in [0.3, 0.4) is 0 Å². The lowest BCUT2D eigenvalue weighted by Gasteiger charge is -2.37. The van der Waals surface area contributed by atoms with Crippen molar-refractivity contribution in [2.24, 2.45) is 17.8 Å². The molecule has 3 rings (SSSR count). The fourth-order valence-electron chi connectivity index (χ4n) is 4.44. The Labute approximate surface area is 122 Å². The first kappa shape index (κ1) is 14.1. The van der Waals surface area contributed by atoms with Gasteiger partial charge in [-0.2, -0.15) is 0 Å². The molecule has 2 fully saturated rings. The summed E-state index contributed by atoms with van der Waals surface area (Å²) in [6.45, 7) is 2.40. The molecule has 0 aliphatic heterocycles. The molecule has 0 N–H and O–H groups in total. The van der Waals surface area contributed by atoms with Crippen LogP contribution in [0.1, 0.15) is 69.8 Å². The van der Waals surface area contributed by atoms with E-state index >= 15 is 0 Å². The number of halogens is 1. The maximum Gasteiger partial charge on any atom is 0.123 e. The number of hydrogen-bond acceptors (Lipinski definition) is 0. The first-order valence-corrected chi connectivity index (χ1v) is 8.48. The standard InChI is InChI=1S/C19H27F/c1-14-5-7-15(8-6-14)16-9-11-17(12-10-16)18-3-2-4-19(20)13-18/h2-4,13-17H,5-12H2,1H3. The summed E-state index contributed by atoms with van der Waals surface area (Å²) in [5.41, 5.74) is 1.22. The van der Waals surface area contributed by atoms with Gasteiger partial charge in [0.25, 0.3) is 0 Å². The van der Waals surface area contributed by atoms with Crippen molar-refractivity contribution in [3.8, 4) is 0 Å². The zero-order chi connectivity index (χ0) is 13.9. The van der Waals surface area contributed by atoms with Gasteiger partial charge in [0, 0.05) is 0 Å². The number of benzene rings is 1. The van der Waals surface area contributed by atoms with E-state index in [0.717, 1.165) is 17.8 Å². The Morgan fingerprint density at radius 2 is 1.45 bits per heavy atom. The second-order valence-electron chi connectivity index (χ2n) is 7.19. The van der Waals surface area contributed by atoms with Crippen LogP contribution in [-0.4, -0.2) is 0 Å². The van der Waals surface area contributed by atoms with Gasteiger partial charge in [0.1, 0.15) is 5.82 Å². The molecule has 0 bridgehead atoms. The summed E-state index contributed by atoms with van der Waals surface area (Å²) in [5, 5.41) is 0. The fraction of sp³-hybridized carbons (Fsp3) is 0.684. The van der Waals surface area contributed by atoms with Gasteiger partial charge in [-0.05, 0) is 79.9 Å². The largest absolute Gasteiger partial charge is 0.207 e. The van der Waals surface area contributed by atoms with E-state index in [4.69, 9.17) is 0 Å². The second-order valence-corrected chi connectivity index (χ2v) is 7.19. The summed E-state index contributed by atoms with van der Waals surface area (Å²) in [4.78, 5) is 0. The molecule has 2 aliphatic carbocycles. The SMILES string of the molecule is CC1CCC(C2CCC(c3cccc(F)c3)CC2)CC1. The van der Waals surface area contributed by atoms with E-state index < -0.39 is 0 Å². The van der Waals surface area contributed by atoms with Gasteiger partial charge in [0.2, 0.25) is 0 Å². The molecule has 0 amide bonds. The van der Waals surface area contributed by atoms with Gasteiger partial charge >= 0.3 is 0 Å². The van der Waals surface area contributed by atoms with Crippen molar-refractivity contribution in [2.75, 3.05) is 0 Å². The molecule has 0 nitrogen and oxygen atoms in total. The highest BCUT2D eigenvalue weighted by atomic mass is 19.1. The van der Waals surface area contributed by atoms with Crippen molar-refractivity contribution in [3.05, 3.63) is 35.6 Å². The highest BCUT2D eigenvalue weighted by Crippen LogP contribution is 2.43. The Morgan fingerprint density at radius 3 is 2.05 bits per heavy atom. The summed E-state index contributed by atoms with van der Waals surface area (Å²) in [6.07, 6.45) is 11.0. The molecule has 0 unspecified atom stereocenters. The predicted octanol–water partition coefficient (Wildman–Crippen LogP) is 5.93. The third-order valence-corrected chi connectivity index (χ3v) is 5.82. The molecule has 0 heterocycles. The van der Waals surface area contributed by atoms with Gasteiger partial charge in [-0.3, -0.25) is 0 Å².